The lowest BCUT2D eigenvalue weighted by molar-refractivity contribution is -0.137. The van der Waals surface area contributed by atoms with Crippen molar-refractivity contribution in [2.24, 2.45) is 5.41 Å². The predicted octanol–water partition coefficient (Wildman–Crippen LogP) is 1.59. The molecule has 2 atom stereocenters. The van der Waals surface area contributed by atoms with E-state index in [1.54, 1.807) is 20.8 Å². The van der Waals surface area contributed by atoms with Crippen LogP contribution in [0.1, 0.15) is 26.3 Å². The van der Waals surface area contributed by atoms with Gasteiger partial charge in [-0.25, -0.2) is 8.78 Å². The normalized spacial score (nSPS) is 14.3. The van der Waals surface area contributed by atoms with E-state index in [4.69, 9.17) is 16.7 Å². The zero-order chi connectivity index (χ0) is 18.5. The molecule has 1 rings (SSSR count). The van der Waals surface area contributed by atoms with E-state index in [1.807, 2.05) is 0 Å². The molecule has 5 nitrogen and oxygen atoms in total. The molecule has 4 N–H and O–H groups in total. The maximum absolute atomic E-state index is 13.6. The highest BCUT2D eigenvalue weighted by atomic mass is 35.5. The van der Waals surface area contributed by atoms with Gasteiger partial charge in [0.15, 0.2) is 0 Å². The lowest BCUT2D eigenvalue weighted by Crippen LogP contribution is -2.48. The van der Waals surface area contributed by atoms with E-state index < -0.39 is 29.1 Å². The summed E-state index contributed by atoms with van der Waals surface area (Å²) in [5.41, 5.74) is -0.740. The smallest absolute Gasteiger partial charge is 0.249 e. The van der Waals surface area contributed by atoms with E-state index >= 15 is 0 Å². The molecule has 0 heterocycles. The molecule has 0 aliphatic carbocycles. The van der Waals surface area contributed by atoms with Gasteiger partial charge in [-0.2, -0.15) is 0 Å². The van der Waals surface area contributed by atoms with E-state index in [1.165, 1.54) is 6.07 Å². The molecule has 0 radical (unpaired) electrons. The minimum Gasteiger partial charge on any atom is -0.396 e. The van der Waals surface area contributed by atoms with Crippen LogP contribution in [0.5, 0.6) is 0 Å². The van der Waals surface area contributed by atoms with Crippen LogP contribution in [-0.4, -0.2) is 41.4 Å². The van der Waals surface area contributed by atoms with Crippen LogP contribution in [0.25, 0.3) is 0 Å². The molecule has 0 aromatic heterocycles. The first-order chi connectivity index (χ1) is 11.1. The Hall–Kier alpha value is -1.28. The van der Waals surface area contributed by atoms with Crippen LogP contribution in [0, 0.1) is 17.0 Å². The number of hydrogen-bond donors (Lipinski definition) is 4. The summed E-state index contributed by atoms with van der Waals surface area (Å²) in [5.74, 6) is -2.13. The van der Waals surface area contributed by atoms with Gasteiger partial charge < -0.3 is 20.8 Å². The van der Waals surface area contributed by atoms with Crippen molar-refractivity contribution >= 4 is 17.5 Å². The fourth-order valence-electron chi connectivity index (χ4n) is 1.85. The van der Waals surface area contributed by atoms with E-state index in [2.05, 4.69) is 10.6 Å². The Labute approximate surface area is 145 Å². The second-order valence-corrected chi connectivity index (χ2v) is 6.84. The maximum Gasteiger partial charge on any atom is 0.249 e. The monoisotopic (exact) mass is 364 g/mol. The Balaban J connectivity index is 2.49. The van der Waals surface area contributed by atoms with Crippen LogP contribution in [-0.2, 0) is 11.3 Å². The molecule has 0 aliphatic rings. The van der Waals surface area contributed by atoms with E-state index in [0.717, 1.165) is 6.07 Å². The Morgan fingerprint density at radius 3 is 2.54 bits per heavy atom. The summed E-state index contributed by atoms with van der Waals surface area (Å²) < 4.78 is 26.7. The molecule has 0 saturated carbocycles. The molecule has 2 unspecified atom stereocenters. The third-order valence-corrected chi connectivity index (χ3v) is 4.00. The van der Waals surface area contributed by atoms with Crippen molar-refractivity contribution in [1.82, 2.24) is 10.6 Å². The first kappa shape index (κ1) is 20.8. The van der Waals surface area contributed by atoms with Gasteiger partial charge in [-0.15, -0.1) is 0 Å². The molecule has 0 bridgehead atoms. The molecule has 24 heavy (non-hydrogen) atoms. The molecular weight excluding hydrogens is 342 g/mol. The average Bonchev–Trinajstić information content (AvgIpc) is 2.53. The number of amides is 1. The van der Waals surface area contributed by atoms with Gasteiger partial charge in [0, 0.05) is 36.2 Å². The molecule has 1 aromatic rings. The summed E-state index contributed by atoms with van der Waals surface area (Å²) in [4.78, 5) is 11.8. The van der Waals surface area contributed by atoms with Gasteiger partial charge in [-0.1, -0.05) is 25.4 Å². The highest BCUT2D eigenvalue weighted by Crippen LogP contribution is 2.20. The fraction of sp³-hybridized carbons (Fsp3) is 0.562. The van der Waals surface area contributed by atoms with Crippen molar-refractivity contribution in [1.29, 1.82) is 0 Å². The van der Waals surface area contributed by atoms with Gasteiger partial charge in [-0.3, -0.25) is 4.79 Å². The third kappa shape index (κ3) is 5.66. The fourth-order valence-corrected chi connectivity index (χ4v) is 2.03. The standard InChI is InChI=1S/C16H23ClF2N2O3/c1-9(6-21-15(24)14(23)16(2,3)8-22)20-7-10-4-11(17)13(19)5-12(10)18/h4-5,9,14,20,22-23H,6-8H2,1-3H3,(H,21,24). The van der Waals surface area contributed by atoms with Crippen LogP contribution in [0.3, 0.4) is 0 Å². The Kier molecular flexibility index (Phi) is 7.54. The highest BCUT2D eigenvalue weighted by molar-refractivity contribution is 6.30. The minimum atomic E-state index is -1.34. The molecule has 0 saturated heterocycles. The van der Waals surface area contributed by atoms with Crippen molar-refractivity contribution in [2.45, 2.75) is 39.5 Å². The van der Waals surface area contributed by atoms with Crippen molar-refractivity contribution in [2.75, 3.05) is 13.2 Å². The van der Waals surface area contributed by atoms with E-state index in [9.17, 15) is 18.7 Å². The van der Waals surface area contributed by atoms with Crippen LogP contribution in [0.2, 0.25) is 5.02 Å². The predicted molar refractivity (Wildman–Crippen MR) is 87.6 cm³/mol. The second-order valence-electron chi connectivity index (χ2n) is 6.43. The summed E-state index contributed by atoms with van der Waals surface area (Å²) in [6.45, 7) is 4.86. The van der Waals surface area contributed by atoms with Crippen molar-refractivity contribution in [3.8, 4) is 0 Å². The van der Waals surface area contributed by atoms with Gasteiger partial charge >= 0.3 is 0 Å². The number of rotatable bonds is 8. The Bertz CT molecular complexity index is 585. The molecule has 8 heteroatoms. The zero-order valence-electron chi connectivity index (χ0n) is 13.9. The van der Waals surface area contributed by atoms with Gasteiger partial charge in [-0.05, 0) is 13.0 Å². The van der Waals surface area contributed by atoms with Gasteiger partial charge in [0.2, 0.25) is 5.91 Å². The minimum absolute atomic E-state index is 0.105. The van der Waals surface area contributed by atoms with Crippen molar-refractivity contribution in [3.05, 3.63) is 34.4 Å². The molecule has 0 spiro atoms. The van der Waals surface area contributed by atoms with Crippen molar-refractivity contribution < 1.29 is 23.8 Å². The largest absolute Gasteiger partial charge is 0.396 e. The molecule has 136 valence electrons. The number of benzene rings is 1. The lowest BCUT2D eigenvalue weighted by Gasteiger charge is -2.27. The van der Waals surface area contributed by atoms with Crippen molar-refractivity contribution in [3.63, 3.8) is 0 Å². The number of nitrogens with one attached hydrogen (secondary N) is 2. The van der Waals surface area contributed by atoms with Crippen LogP contribution in [0.15, 0.2) is 12.1 Å². The van der Waals surface area contributed by atoms with Crippen LogP contribution in [0.4, 0.5) is 8.78 Å². The Morgan fingerprint density at radius 1 is 1.33 bits per heavy atom. The second kappa shape index (κ2) is 8.71. The van der Waals surface area contributed by atoms with Gasteiger partial charge in [0.25, 0.3) is 0 Å². The molecule has 0 aliphatic heterocycles. The SMILES string of the molecule is CC(CNC(=O)C(O)C(C)(C)CO)NCc1cc(Cl)c(F)cc1F. The Morgan fingerprint density at radius 2 is 1.96 bits per heavy atom. The third-order valence-electron chi connectivity index (χ3n) is 3.71. The molecule has 1 amide bonds. The highest BCUT2D eigenvalue weighted by Gasteiger charge is 2.32. The number of carbonyl (C=O) groups excluding carboxylic acids is 1. The summed E-state index contributed by atoms with van der Waals surface area (Å²) in [7, 11) is 0. The summed E-state index contributed by atoms with van der Waals surface area (Å²) >= 11 is 5.62. The summed E-state index contributed by atoms with van der Waals surface area (Å²) in [5, 5.41) is 24.4. The lowest BCUT2D eigenvalue weighted by atomic mass is 9.87. The molecular formula is C16H23ClF2N2O3. The summed E-state index contributed by atoms with van der Waals surface area (Å²) in [6.07, 6.45) is -1.34. The zero-order valence-corrected chi connectivity index (χ0v) is 14.6. The average molecular weight is 365 g/mol. The number of hydrogen-bond acceptors (Lipinski definition) is 4. The number of aliphatic hydroxyl groups is 2. The van der Waals surface area contributed by atoms with E-state index in [-0.39, 0.29) is 36.3 Å². The first-order valence-corrected chi connectivity index (χ1v) is 7.89. The summed E-state index contributed by atoms with van der Waals surface area (Å²) in [6, 6.07) is 1.69. The van der Waals surface area contributed by atoms with Crippen LogP contribution >= 0.6 is 11.6 Å². The maximum atomic E-state index is 13.6. The topological polar surface area (TPSA) is 81.6 Å². The van der Waals surface area contributed by atoms with Gasteiger partial charge in [0.1, 0.15) is 17.7 Å². The number of carbonyl (C=O) groups is 1. The van der Waals surface area contributed by atoms with E-state index in [0.29, 0.717) is 0 Å². The van der Waals surface area contributed by atoms with Gasteiger partial charge in [0.05, 0.1) is 11.6 Å². The quantitative estimate of drug-likeness (QED) is 0.528. The first-order valence-electron chi connectivity index (χ1n) is 7.52. The number of aliphatic hydroxyl groups excluding tert-OH is 2. The molecule has 1 aromatic carbocycles. The molecule has 0 fully saturated rings. The number of halogens is 3. The van der Waals surface area contributed by atoms with Crippen LogP contribution < -0.4 is 10.6 Å².